The van der Waals surface area contributed by atoms with E-state index in [9.17, 15) is 0 Å². The molecule has 0 amide bonds. The van der Waals surface area contributed by atoms with Gasteiger partial charge in [0, 0.05) is 29.1 Å². The minimum Gasteiger partial charge on any atom is -0.399 e. The molecule has 0 spiro atoms. The van der Waals surface area contributed by atoms with Gasteiger partial charge in [-0.2, -0.15) is 0 Å². The zero-order valence-electron chi connectivity index (χ0n) is 12.0. The third-order valence-electron chi connectivity index (χ3n) is 4.31. The van der Waals surface area contributed by atoms with E-state index in [4.69, 9.17) is 5.73 Å². The predicted octanol–water partition coefficient (Wildman–Crippen LogP) is 3.88. The molecule has 1 aliphatic rings. The van der Waals surface area contributed by atoms with E-state index in [0.717, 1.165) is 25.3 Å². The fourth-order valence-corrected chi connectivity index (χ4v) is 3.60. The average molecular weight is 286 g/mol. The van der Waals surface area contributed by atoms with Crippen LogP contribution < -0.4 is 5.73 Å². The summed E-state index contributed by atoms with van der Waals surface area (Å²) in [6.07, 6.45) is 2.61. The lowest BCUT2D eigenvalue weighted by Crippen LogP contribution is -2.31. The average Bonchev–Trinajstić information content (AvgIpc) is 3.05. The largest absolute Gasteiger partial charge is 0.399 e. The summed E-state index contributed by atoms with van der Waals surface area (Å²) in [5.74, 6) is 0. The van der Waals surface area contributed by atoms with Gasteiger partial charge in [0.2, 0.25) is 0 Å². The number of likely N-dealkylation sites (N-methyl/N-ethyl adjacent to an activating group) is 1. The second kappa shape index (κ2) is 5.58. The van der Waals surface area contributed by atoms with Gasteiger partial charge in [-0.25, -0.2) is 0 Å². The van der Waals surface area contributed by atoms with Crippen LogP contribution in [-0.2, 0) is 12.0 Å². The molecule has 0 bridgehead atoms. The highest BCUT2D eigenvalue weighted by Gasteiger charge is 2.45. The maximum Gasteiger partial charge on any atom is 0.0328 e. The van der Waals surface area contributed by atoms with Crippen molar-refractivity contribution in [3.8, 4) is 0 Å². The fourth-order valence-electron chi connectivity index (χ4n) is 2.86. The van der Waals surface area contributed by atoms with E-state index in [2.05, 4.69) is 41.5 Å². The molecular weight excluding hydrogens is 264 g/mol. The smallest absolute Gasteiger partial charge is 0.0328 e. The monoisotopic (exact) mass is 286 g/mol. The van der Waals surface area contributed by atoms with Crippen LogP contribution in [0.3, 0.4) is 0 Å². The number of thiophene rings is 1. The van der Waals surface area contributed by atoms with Crippen molar-refractivity contribution in [3.05, 3.63) is 52.2 Å². The van der Waals surface area contributed by atoms with E-state index in [1.165, 1.54) is 23.3 Å². The number of nitrogens with two attached hydrogens (primary N) is 1. The third-order valence-corrected chi connectivity index (χ3v) is 5.17. The summed E-state index contributed by atoms with van der Waals surface area (Å²) in [5.41, 5.74) is 8.49. The van der Waals surface area contributed by atoms with Crippen LogP contribution in [0.5, 0.6) is 0 Å². The number of hydrogen-bond donors (Lipinski definition) is 1. The Morgan fingerprint density at radius 2 is 1.95 bits per heavy atom. The summed E-state index contributed by atoms with van der Waals surface area (Å²) < 4.78 is 0. The Hall–Kier alpha value is -1.32. The van der Waals surface area contributed by atoms with Crippen molar-refractivity contribution in [2.45, 2.75) is 31.7 Å². The molecule has 0 aliphatic heterocycles. The lowest BCUT2D eigenvalue weighted by molar-refractivity contribution is 0.255. The Balaban J connectivity index is 1.70. The lowest BCUT2D eigenvalue weighted by atomic mass is 9.95. The number of nitrogen functional groups attached to an aromatic ring is 1. The van der Waals surface area contributed by atoms with Gasteiger partial charge in [-0.3, -0.25) is 4.90 Å². The van der Waals surface area contributed by atoms with Gasteiger partial charge in [0.25, 0.3) is 0 Å². The number of anilines is 1. The van der Waals surface area contributed by atoms with Gasteiger partial charge < -0.3 is 5.73 Å². The molecule has 1 saturated carbocycles. The Morgan fingerprint density at radius 3 is 2.50 bits per heavy atom. The van der Waals surface area contributed by atoms with E-state index in [1.54, 1.807) is 0 Å². The highest BCUT2D eigenvalue weighted by Crippen LogP contribution is 2.49. The molecule has 2 nitrogen and oxygen atoms in total. The summed E-state index contributed by atoms with van der Waals surface area (Å²) in [6, 6.07) is 12.9. The molecular formula is C17H22N2S. The molecule has 0 atom stereocenters. The summed E-state index contributed by atoms with van der Waals surface area (Å²) in [4.78, 5) is 4.02. The van der Waals surface area contributed by atoms with E-state index in [0.29, 0.717) is 5.41 Å². The van der Waals surface area contributed by atoms with E-state index in [-0.39, 0.29) is 0 Å². The molecule has 1 aromatic heterocycles. The molecule has 2 N–H and O–H groups in total. The molecule has 1 heterocycles. The molecule has 20 heavy (non-hydrogen) atoms. The molecule has 1 fully saturated rings. The van der Waals surface area contributed by atoms with Crippen LogP contribution in [0.2, 0.25) is 0 Å². The quantitative estimate of drug-likeness (QED) is 0.816. The van der Waals surface area contributed by atoms with E-state index < -0.39 is 0 Å². The van der Waals surface area contributed by atoms with Crippen molar-refractivity contribution in [2.24, 2.45) is 0 Å². The van der Waals surface area contributed by atoms with Crippen molar-refractivity contribution >= 4 is 17.0 Å². The Morgan fingerprint density at radius 1 is 1.20 bits per heavy atom. The van der Waals surface area contributed by atoms with Crippen LogP contribution in [-0.4, -0.2) is 18.0 Å². The van der Waals surface area contributed by atoms with Crippen molar-refractivity contribution in [2.75, 3.05) is 18.8 Å². The van der Waals surface area contributed by atoms with E-state index in [1.807, 2.05) is 23.5 Å². The minimum absolute atomic E-state index is 0.376. The molecule has 1 aliphatic carbocycles. The molecule has 0 unspecified atom stereocenters. The normalized spacial score (nSPS) is 16.5. The van der Waals surface area contributed by atoms with Gasteiger partial charge in [0.1, 0.15) is 0 Å². The standard InChI is InChI=1S/C17H22N2S/c1-2-19(12-16-4-3-11-20-16)13-17(9-10-17)14-5-7-15(18)8-6-14/h3-8,11H,2,9-10,12-13,18H2,1H3. The number of benzene rings is 1. The summed E-state index contributed by atoms with van der Waals surface area (Å²) in [7, 11) is 0. The maximum atomic E-state index is 5.80. The Kier molecular flexibility index (Phi) is 3.81. The Bertz CT molecular complexity index is 541. The van der Waals surface area contributed by atoms with Crippen LogP contribution in [0.25, 0.3) is 0 Å². The van der Waals surface area contributed by atoms with E-state index >= 15 is 0 Å². The van der Waals surface area contributed by atoms with Crippen LogP contribution in [0.4, 0.5) is 5.69 Å². The number of nitrogens with zero attached hydrogens (tertiary/aromatic N) is 1. The van der Waals surface area contributed by atoms with Crippen LogP contribution in [0, 0.1) is 0 Å². The Labute approximate surface area is 125 Å². The first-order valence-electron chi connectivity index (χ1n) is 7.33. The fraction of sp³-hybridized carbons (Fsp3) is 0.412. The maximum absolute atomic E-state index is 5.80. The SMILES string of the molecule is CCN(Cc1cccs1)CC1(c2ccc(N)cc2)CC1. The first-order chi connectivity index (χ1) is 9.72. The molecule has 3 heteroatoms. The highest BCUT2D eigenvalue weighted by atomic mass is 32.1. The van der Waals surface area contributed by atoms with Gasteiger partial charge in [0.05, 0.1) is 0 Å². The molecule has 0 saturated heterocycles. The highest BCUT2D eigenvalue weighted by molar-refractivity contribution is 7.09. The van der Waals surface area contributed by atoms with Crippen LogP contribution >= 0.6 is 11.3 Å². The van der Waals surface area contributed by atoms with Gasteiger partial charge >= 0.3 is 0 Å². The molecule has 3 rings (SSSR count). The zero-order valence-corrected chi connectivity index (χ0v) is 12.8. The topological polar surface area (TPSA) is 29.3 Å². The second-order valence-electron chi connectivity index (χ2n) is 5.78. The molecule has 2 aromatic rings. The lowest BCUT2D eigenvalue weighted by Gasteiger charge is -2.26. The molecule has 1 aromatic carbocycles. The van der Waals surface area contributed by atoms with Crippen molar-refractivity contribution < 1.29 is 0 Å². The van der Waals surface area contributed by atoms with Gasteiger partial charge in [0.15, 0.2) is 0 Å². The third kappa shape index (κ3) is 2.89. The zero-order chi connectivity index (χ0) is 14.0. The first kappa shape index (κ1) is 13.7. The van der Waals surface area contributed by atoms with Gasteiger partial charge in [-0.05, 0) is 48.5 Å². The van der Waals surface area contributed by atoms with Crippen molar-refractivity contribution in [1.82, 2.24) is 4.90 Å². The number of rotatable bonds is 6. The number of hydrogen-bond acceptors (Lipinski definition) is 3. The predicted molar refractivity (Wildman–Crippen MR) is 87.0 cm³/mol. The van der Waals surface area contributed by atoms with Gasteiger partial charge in [-0.1, -0.05) is 25.1 Å². The second-order valence-corrected chi connectivity index (χ2v) is 6.82. The summed E-state index contributed by atoms with van der Waals surface area (Å²) in [6.45, 7) is 5.59. The van der Waals surface area contributed by atoms with Crippen molar-refractivity contribution in [1.29, 1.82) is 0 Å². The first-order valence-corrected chi connectivity index (χ1v) is 8.20. The molecule has 0 radical (unpaired) electrons. The molecule has 106 valence electrons. The minimum atomic E-state index is 0.376. The van der Waals surface area contributed by atoms with Crippen LogP contribution in [0.15, 0.2) is 41.8 Å². The van der Waals surface area contributed by atoms with Crippen molar-refractivity contribution in [3.63, 3.8) is 0 Å². The summed E-state index contributed by atoms with van der Waals surface area (Å²) >= 11 is 1.85. The van der Waals surface area contributed by atoms with Crippen LogP contribution in [0.1, 0.15) is 30.2 Å². The summed E-state index contributed by atoms with van der Waals surface area (Å²) in [5, 5.41) is 2.16. The van der Waals surface area contributed by atoms with Gasteiger partial charge in [-0.15, -0.1) is 11.3 Å².